The number of Topliss-reactive ketones (excluding diaryl/α,β-unsaturated/α-hetero) is 1. The zero-order valence-electron chi connectivity index (χ0n) is 13.3. The Labute approximate surface area is 159 Å². The van der Waals surface area contributed by atoms with Crippen LogP contribution in [0.4, 0.5) is 4.39 Å². The molecule has 132 valence electrons. The van der Waals surface area contributed by atoms with Gasteiger partial charge in [0, 0.05) is 29.5 Å². The third kappa shape index (κ3) is 4.60. The maximum absolute atomic E-state index is 14.0. The molecule has 1 aliphatic carbocycles. The van der Waals surface area contributed by atoms with Crippen molar-refractivity contribution < 1.29 is 14.0 Å². The zero-order chi connectivity index (χ0) is 18.0. The number of nitrogens with zero attached hydrogens (tertiary/aromatic N) is 1. The van der Waals surface area contributed by atoms with Crippen molar-refractivity contribution in [3.05, 3.63) is 55.9 Å². The van der Waals surface area contributed by atoms with Crippen molar-refractivity contribution in [1.82, 2.24) is 4.90 Å². The van der Waals surface area contributed by atoms with Crippen molar-refractivity contribution in [2.75, 3.05) is 0 Å². The molecule has 0 saturated heterocycles. The van der Waals surface area contributed by atoms with Gasteiger partial charge in [-0.3, -0.25) is 9.59 Å². The Hall–Kier alpha value is -1.43. The van der Waals surface area contributed by atoms with Gasteiger partial charge in [0.2, 0.25) is 5.91 Å². The van der Waals surface area contributed by atoms with Crippen LogP contribution in [0.15, 0.2) is 30.3 Å². The lowest BCUT2D eigenvalue weighted by Crippen LogP contribution is -2.33. The molecule has 3 nitrogen and oxygen atoms in total. The minimum atomic E-state index is -0.421. The number of rotatable bonds is 7. The van der Waals surface area contributed by atoms with Gasteiger partial charge < -0.3 is 4.90 Å². The maximum Gasteiger partial charge on any atom is 0.223 e. The van der Waals surface area contributed by atoms with E-state index in [1.165, 1.54) is 23.5 Å². The Bertz CT molecular complexity index is 784. The number of hydrogen-bond acceptors (Lipinski definition) is 3. The van der Waals surface area contributed by atoms with Crippen LogP contribution < -0.4 is 0 Å². The predicted octanol–water partition coefficient (Wildman–Crippen LogP) is 5.35. The molecule has 0 atom stereocenters. The van der Waals surface area contributed by atoms with Crippen molar-refractivity contribution in [3.63, 3.8) is 0 Å². The molecule has 1 amide bonds. The molecule has 1 heterocycles. The highest BCUT2D eigenvalue weighted by Gasteiger charge is 2.33. The summed E-state index contributed by atoms with van der Waals surface area (Å²) in [4.78, 5) is 26.9. The van der Waals surface area contributed by atoms with Crippen molar-refractivity contribution in [2.45, 2.75) is 38.3 Å². The fourth-order valence-corrected chi connectivity index (χ4v) is 3.85. The standard InChI is InChI=1S/C18H16Cl2FNO2S/c19-13-2-1-3-14(21)12(13)10-22(11-4-5-11)18(24)9-6-15(23)16-7-8-17(20)25-16/h1-3,7-8,11H,4-6,9-10H2. The molecule has 0 unspecified atom stereocenters. The van der Waals surface area contributed by atoms with E-state index in [0.29, 0.717) is 19.8 Å². The summed E-state index contributed by atoms with van der Waals surface area (Å²) in [5.74, 6) is -0.682. The van der Waals surface area contributed by atoms with E-state index < -0.39 is 5.82 Å². The van der Waals surface area contributed by atoms with Crippen molar-refractivity contribution in [3.8, 4) is 0 Å². The van der Waals surface area contributed by atoms with Gasteiger partial charge >= 0.3 is 0 Å². The van der Waals surface area contributed by atoms with Crippen molar-refractivity contribution >= 4 is 46.2 Å². The van der Waals surface area contributed by atoms with E-state index in [-0.39, 0.29) is 37.1 Å². The molecular weight excluding hydrogens is 384 g/mol. The number of amides is 1. The second-order valence-electron chi connectivity index (χ2n) is 5.98. The van der Waals surface area contributed by atoms with E-state index in [0.717, 1.165) is 12.8 Å². The molecule has 0 bridgehead atoms. The van der Waals surface area contributed by atoms with E-state index in [1.54, 1.807) is 23.1 Å². The summed E-state index contributed by atoms with van der Waals surface area (Å²) in [7, 11) is 0. The van der Waals surface area contributed by atoms with E-state index in [4.69, 9.17) is 23.2 Å². The Morgan fingerprint density at radius 2 is 1.92 bits per heavy atom. The van der Waals surface area contributed by atoms with E-state index in [2.05, 4.69) is 0 Å². The van der Waals surface area contributed by atoms with Crippen LogP contribution in [0.25, 0.3) is 0 Å². The number of halogens is 3. The van der Waals surface area contributed by atoms with Gasteiger partial charge in [0.1, 0.15) is 5.82 Å². The Balaban J connectivity index is 1.64. The first-order valence-electron chi connectivity index (χ1n) is 7.96. The fourth-order valence-electron chi connectivity index (χ4n) is 2.61. The summed E-state index contributed by atoms with van der Waals surface area (Å²) in [6.07, 6.45) is 2.00. The van der Waals surface area contributed by atoms with Gasteiger partial charge in [-0.15, -0.1) is 11.3 Å². The fraction of sp³-hybridized carbons (Fsp3) is 0.333. The third-order valence-corrected chi connectivity index (χ3v) is 5.74. The summed E-state index contributed by atoms with van der Waals surface area (Å²) in [6.45, 7) is 0.133. The van der Waals surface area contributed by atoms with Crippen LogP contribution in [0.5, 0.6) is 0 Å². The second kappa shape index (κ2) is 7.85. The molecule has 25 heavy (non-hydrogen) atoms. The number of ketones is 1. The smallest absolute Gasteiger partial charge is 0.223 e. The van der Waals surface area contributed by atoms with Gasteiger partial charge in [0.15, 0.2) is 5.78 Å². The molecule has 2 aromatic rings. The molecule has 7 heteroatoms. The van der Waals surface area contributed by atoms with E-state index in [9.17, 15) is 14.0 Å². The summed E-state index contributed by atoms with van der Waals surface area (Å²) in [5.41, 5.74) is 0.320. The van der Waals surface area contributed by atoms with Gasteiger partial charge in [0.25, 0.3) is 0 Å². The Morgan fingerprint density at radius 1 is 1.16 bits per heavy atom. The van der Waals surface area contributed by atoms with Gasteiger partial charge in [0.05, 0.1) is 15.8 Å². The Kier molecular flexibility index (Phi) is 5.77. The summed E-state index contributed by atoms with van der Waals surface area (Å²) < 4.78 is 14.6. The molecular formula is C18H16Cl2FNO2S. The zero-order valence-corrected chi connectivity index (χ0v) is 15.6. The number of thiophene rings is 1. The average Bonchev–Trinajstić information content (AvgIpc) is 3.32. The van der Waals surface area contributed by atoms with Crippen LogP contribution >= 0.6 is 34.5 Å². The van der Waals surface area contributed by atoms with Crippen molar-refractivity contribution in [2.24, 2.45) is 0 Å². The van der Waals surface area contributed by atoms with Gasteiger partial charge in [-0.1, -0.05) is 29.3 Å². The quantitative estimate of drug-likeness (QED) is 0.588. The van der Waals surface area contributed by atoms with Crippen LogP contribution in [-0.2, 0) is 11.3 Å². The lowest BCUT2D eigenvalue weighted by Gasteiger charge is -2.23. The summed E-state index contributed by atoms with van der Waals surface area (Å²) in [5, 5.41) is 0.308. The number of benzene rings is 1. The normalized spacial score (nSPS) is 13.7. The molecule has 1 aromatic carbocycles. The second-order valence-corrected chi connectivity index (χ2v) is 8.10. The molecule has 1 aromatic heterocycles. The first-order valence-corrected chi connectivity index (χ1v) is 9.54. The minimum absolute atomic E-state index is 0.0942. The first kappa shape index (κ1) is 18.4. The Morgan fingerprint density at radius 3 is 2.52 bits per heavy atom. The molecule has 0 aliphatic heterocycles. The topological polar surface area (TPSA) is 37.4 Å². The SMILES string of the molecule is O=C(CCC(=O)N(Cc1c(F)cccc1Cl)C1CC1)c1ccc(Cl)s1. The molecule has 0 radical (unpaired) electrons. The minimum Gasteiger partial charge on any atom is -0.335 e. The van der Waals surface area contributed by atoms with Gasteiger partial charge in [-0.05, 0) is 37.1 Å². The van der Waals surface area contributed by atoms with Crippen molar-refractivity contribution in [1.29, 1.82) is 0 Å². The molecule has 0 N–H and O–H groups in total. The largest absolute Gasteiger partial charge is 0.335 e. The van der Waals surface area contributed by atoms with E-state index >= 15 is 0 Å². The van der Waals surface area contributed by atoms with Gasteiger partial charge in [-0.25, -0.2) is 4.39 Å². The van der Waals surface area contributed by atoms with E-state index in [1.807, 2.05) is 0 Å². The first-order chi connectivity index (χ1) is 12.0. The van der Waals surface area contributed by atoms with Crippen LogP contribution in [-0.4, -0.2) is 22.6 Å². The summed E-state index contributed by atoms with van der Waals surface area (Å²) >= 11 is 13.1. The molecule has 0 spiro atoms. The highest BCUT2D eigenvalue weighted by atomic mass is 35.5. The molecule has 1 saturated carbocycles. The van der Waals surface area contributed by atoms with Crippen LogP contribution in [0.1, 0.15) is 40.9 Å². The highest BCUT2D eigenvalue weighted by Crippen LogP contribution is 2.31. The number of hydrogen-bond donors (Lipinski definition) is 0. The van der Waals surface area contributed by atoms with Crippen LogP contribution in [0.2, 0.25) is 9.36 Å². The molecule has 1 aliphatic rings. The maximum atomic E-state index is 14.0. The lowest BCUT2D eigenvalue weighted by molar-refractivity contribution is -0.132. The average molecular weight is 400 g/mol. The monoisotopic (exact) mass is 399 g/mol. The lowest BCUT2D eigenvalue weighted by atomic mass is 10.1. The highest BCUT2D eigenvalue weighted by molar-refractivity contribution is 7.18. The molecule has 1 fully saturated rings. The van der Waals surface area contributed by atoms with Crippen LogP contribution in [0, 0.1) is 5.82 Å². The molecule has 3 rings (SSSR count). The van der Waals surface area contributed by atoms with Gasteiger partial charge in [-0.2, -0.15) is 0 Å². The summed E-state index contributed by atoms with van der Waals surface area (Å²) in [6, 6.07) is 7.92. The third-order valence-electron chi connectivity index (χ3n) is 4.11. The number of carbonyl (C=O) groups is 2. The predicted molar refractivity (Wildman–Crippen MR) is 97.9 cm³/mol. The van der Waals surface area contributed by atoms with Crippen LogP contribution in [0.3, 0.4) is 0 Å². The number of carbonyl (C=O) groups excluding carboxylic acids is 2.